The van der Waals surface area contributed by atoms with Gasteiger partial charge in [0.15, 0.2) is 11.8 Å². The Labute approximate surface area is 117 Å². The van der Waals surface area contributed by atoms with Gasteiger partial charge >= 0.3 is 5.97 Å². The summed E-state index contributed by atoms with van der Waals surface area (Å²) in [6, 6.07) is 1.84. The molecule has 1 amide bonds. The van der Waals surface area contributed by atoms with Crippen molar-refractivity contribution < 1.29 is 24.2 Å². The summed E-state index contributed by atoms with van der Waals surface area (Å²) in [6.07, 6.45) is 0. The summed E-state index contributed by atoms with van der Waals surface area (Å²) in [4.78, 5) is 24.6. The number of furan rings is 1. The van der Waals surface area contributed by atoms with E-state index in [9.17, 15) is 9.59 Å². The van der Waals surface area contributed by atoms with E-state index >= 15 is 0 Å². The molecule has 1 rings (SSSR count). The van der Waals surface area contributed by atoms with Crippen LogP contribution < -0.4 is 5.32 Å². The van der Waals surface area contributed by atoms with Gasteiger partial charge in [0.05, 0.1) is 13.2 Å². The first-order chi connectivity index (χ1) is 9.51. The van der Waals surface area contributed by atoms with Crippen LogP contribution in [0.5, 0.6) is 0 Å². The van der Waals surface area contributed by atoms with Crippen molar-refractivity contribution in [2.75, 3.05) is 19.7 Å². The highest BCUT2D eigenvalue weighted by Crippen LogP contribution is 2.10. The Hall–Kier alpha value is -1.86. The Morgan fingerprint density at radius 1 is 1.35 bits per heavy atom. The number of rotatable bonds is 8. The molecule has 1 aromatic rings. The molecule has 1 atom stereocenters. The van der Waals surface area contributed by atoms with Crippen LogP contribution in [0.4, 0.5) is 0 Å². The maximum Gasteiger partial charge on any atom is 0.328 e. The van der Waals surface area contributed by atoms with Crippen molar-refractivity contribution in [1.82, 2.24) is 10.2 Å². The fourth-order valence-electron chi connectivity index (χ4n) is 1.67. The van der Waals surface area contributed by atoms with Crippen LogP contribution in [0.25, 0.3) is 0 Å². The van der Waals surface area contributed by atoms with E-state index in [1.807, 2.05) is 13.8 Å². The van der Waals surface area contributed by atoms with Gasteiger partial charge in [0, 0.05) is 0 Å². The zero-order valence-electron chi connectivity index (χ0n) is 11.6. The highest BCUT2D eigenvalue weighted by molar-refractivity contribution is 5.94. The third-order valence-corrected chi connectivity index (χ3v) is 2.95. The molecule has 1 heterocycles. The van der Waals surface area contributed by atoms with Crippen molar-refractivity contribution in [2.45, 2.75) is 26.4 Å². The lowest BCUT2D eigenvalue weighted by molar-refractivity contribution is -0.140. The van der Waals surface area contributed by atoms with Gasteiger partial charge in [0.2, 0.25) is 0 Å². The number of carbonyl (C=O) groups excluding carboxylic acids is 1. The number of nitrogens with one attached hydrogen (secondary N) is 1. The molecule has 112 valence electrons. The second kappa shape index (κ2) is 7.66. The number of carboxylic acids is 1. The van der Waals surface area contributed by atoms with E-state index < -0.39 is 24.5 Å². The third kappa shape index (κ3) is 4.36. The monoisotopic (exact) mass is 284 g/mol. The van der Waals surface area contributed by atoms with Crippen LogP contribution in [0.1, 0.15) is 30.2 Å². The third-order valence-electron chi connectivity index (χ3n) is 2.95. The fourth-order valence-corrected chi connectivity index (χ4v) is 1.67. The minimum absolute atomic E-state index is 0.0341. The molecule has 0 aromatic carbocycles. The van der Waals surface area contributed by atoms with Gasteiger partial charge in [-0.05, 0) is 25.2 Å². The highest BCUT2D eigenvalue weighted by atomic mass is 16.4. The smallest absolute Gasteiger partial charge is 0.328 e. The number of aliphatic hydroxyl groups is 1. The van der Waals surface area contributed by atoms with Crippen LogP contribution in [0.15, 0.2) is 16.5 Å². The molecule has 0 fully saturated rings. The van der Waals surface area contributed by atoms with E-state index in [-0.39, 0.29) is 5.76 Å². The SMILES string of the molecule is CCN(CC)Cc1ccc(C(=O)NC(CO)C(=O)O)o1. The lowest BCUT2D eigenvalue weighted by Gasteiger charge is -2.15. The Morgan fingerprint density at radius 2 is 2.00 bits per heavy atom. The van der Waals surface area contributed by atoms with E-state index in [1.54, 1.807) is 6.07 Å². The van der Waals surface area contributed by atoms with Gasteiger partial charge in [-0.2, -0.15) is 0 Å². The fraction of sp³-hybridized carbons (Fsp3) is 0.538. The number of amides is 1. The Kier molecular flexibility index (Phi) is 6.20. The predicted molar refractivity (Wildman–Crippen MR) is 71.3 cm³/mol. The van der Waals surface area contributed by atoms with Crippen LogP contribution >= 0.6 is 0 Å². The quantitative estimate of drug-likeness (QED) is 0.634. The maximum atomic E-state index is 11.8. The number of carboxylic acid groups (broad SMARTS) is 1. The molecule has 0 aliphatic heterocycles. The average Bonchev–Trinajstić information content (AvgIpc) is 2.90. The van der Waals surface area contributed by atoms with Gasteiger partial charge in [-0.3, -0.25) is 9.69 Å². The first kappa shape index (κ1) is 16.2. The Morgan fingerprint density at radius 3 is 2.50 bits per heavy atom. The van der Waals surface area contributed by atoms with E-state index in [0.717, 1.165) is 13.1 Å². The molecule has 20 heavy (non-hydrogen) atoms. The van der Waals surface area contributed by atoms with Crippen molar-refractivity contribution in [1.29, 1.82) is 0 Å². The Bertz CT molecular complexity index is 453. The summed E-state index contributed by atoms with van der Waals surface area (Å²) in [6.45, 7) is 5.70. The minimum Gasteiger partial charge on any atom is -0.480 e. The number of hydrogen-bond acceptors (Lipinski definition) is 5. The summed E-state index contributed by atoms with van der Waals surface area (Å²) in [5.41, 5.74) is 0. The number of aliphatic carboxylic acids is 1. The van der Waals surface area contributed by atoms with Crippen LogP contribution in [0.3, 0.4) is 0 Å². The first-order valence-corrected chi connectivity index (χ1v) is 6.47. The number of carbonyl (C=O) groups is 2. The molecule has 1 unspecified atom stereocenters. The predicted octanol–water partition coefficient (Wildman–Crippen LogP) is 0.297. The second-order valence-electron chi connectivity index (χ2n) is 4.27. The molecule has 7 nitrogen and oxygen atoms in total. The number of nitrogens with zero attached hydrogens (tertiary/aromatic N) is 1. The van der Waals surface area contributed by atoms with E-state index in [4.69, 9.17) is 14.6 Å². The Balaban J connectivity index is 2.66. The molecule has 0 spiro atoms. The van der Waals surface area contributed by atoms with Crippen molar-refractivity contribution in [3.63, 3.8) is 0 Å². The molecule has 0 saturated carbocycles. The minimum atomic E-state index is -1.33. The van der Waals surface area contributed by atoms with E-state index in [1.165, 1.54) is 6.07 Å². The molecule has 3 N–H and O–H groups in total. The average molecular weight is 284 g/mol. The lowest BCUT2D eigenvalue weighted by atomic mass is 10.3. The molecular formula is C13H20N2O5. The molecule has 0 aliphatic carbocycles. The van der Waals surface area contributed by atoms with Crippen LogP contribution in [0, 0.1) is 0 Å². The van der Waals surface area contributed by atoms with Crippen molar-refractivity contribution in [3.05, 3.63) is 23.7 Å². The highest BCUT2D eigenvalue weighted by Gasteiger charge is 2.21. The standard InChI is InChI=1S/C13H20N2O5/c1-3-15(4-2)7-9-5-6-11(20-9)12(17)14-10(8-16)13(18)19/h5-6,10,16H,3-4,7-8H2,1-2H3,(H,14,17)(H,18,19). The summed E-state index contributed by atoms with van der Waals surface area (Å²) in [5.74, 6) is -1.28. The van der Waals surface area contributed by atoms with Gasteiger partial charge in [0.25, 0.3) is 5.91 Å². The molecule has 0 bridgehead atoms. The zero-order valence-corrected chi connectivity index (χ0v) is 11.6. The van der Waals surface area contributed by atoms with Gasteiger partial charge < -0.3 is 19.9 Å². The summed E-state index contributed by atoms with van der Waals surface area (Å²) >= 11 is 0. The van der Waals surface area contributed by atoms with Crippen LogP contribution in [0.2, 0.25) is 0 Å². The zero-order chi connectivity index (χ0) is 15.1. The first-order valence-electron chi connectivity index (χ1n) is 6.47. The van der Waals surface area contributed by atoms with Gasteiger partial charge in [-0.1, -0.05) is 13.8 Å². The molecule has 1 aromatic heterocycles. The van der Waals surface area contributed by atoms with Crippen LogP contribution in [-0.2, 0) is 11.3 Å². The number of hydrogen-bond donors (Lipinski definition) is 3. The second-order valence-corrected chi connectivity index (χ2v) is 4.27. The van der Waals surface area contributed by atoms with E-state index in [0.29, 0.717) is 12.3 Å². The van der Waals surface area contributed by atoms with Gasteiger partial charge in [-0.25, -0.2) is 4.79 Å². The molecule has 0 radical (unpaired) electrons. The maximum absolute atomic E-state index is 11.8. The number of aliphatic hydroxyl groups excluding tert-OH is 1. The topological polar surface area (TPSA) is 103 Å². The van der Waals surface area contributed by atoms with Crippen molar-refractivity contribution >= 4 is 11.9 Å². The van der Waals surface area contributed by atoms with Gasteiger partial charge in [-0.15, -0.1) is 0 Å². The van der Waals surface area contributed by atoms with Crippen molar-refractivity contribution in [2.24, 2.45) is 0 Å². The summed E-state index contributed by atoms with van der Waals surface area (Å²) < 4.78 is 5.38. The lowest BCUT2D eigenvalue weighted by Crippen LogP contribution is -2.43. The van der Waals surface area contributed by atoms with E-state index in [2.05, 4.69) is 10.2 Å². The normalized spacial score (nSPS) is 12.4. The largest absolute Gasteiger partial charge is 0.480 e. The van der Waals surface area contributed by atoms with Crippen molar-refractivity contribution in [3.8, 4) is 0 Å². The molecular weight excluding hydrogens is 264 g/mol. The van der Waals surface area contributed by atoms with Gasteiger partial charge in [0.1, 0.15) is 5.76 Å². The molecule has 7 heteroatoms. The summed E-state index contributed by atoms with van der Waals surface area (Å²) in [5, 5.41) is 19.8. The summed E-state index contributed by atoms with van der Waals surface area (Å²) in [7, 11) is 0. The van der Waals surface area contributed by atoms with Crippen LogP contribution in [-0.4, -0.2) is 52.7 Å². The molecule has 0 saturated heterocycles. The molecule has 0 aliphatic rings.